The summed E-state index contributed by atoms with van der Waals surface area (Å²) in [5, 5.41) is 3.34. The molecule has 0 saturated carbocycles. The molecule has 1 rings (SSSR count). The zero-order chi connectivity index (χ0) is 15.0. The molecule has 1 saturated heterocycles. The van der Waals surface area contributed by atoms with Crippen LogP contribution in [0.25, 0.3) is 0 Å². The van der Waals surface area contributed by atoms with Gasteiger partial charge in [0.25, 0.3) is 0 Å². The van der Waals surface area contributed by atoms with Crippen LogP contribution in [0.2, 0.25) is 0 Å². The smallest absolute Gasteiger partial charge is 0.325 e. The van der Waals surface area contributed by atoms with Crippen molar-refractivity contribution >= 4 is 5.97 Å². The van der Waals surface area contributed by atoms with E-state index in [1.807, 2.05) is 6.92 Å². The molecule has 1 atom stereocenters. The van der Waals surface area contributed by atoms with Gasteiger partial charge in [-0.25, -0.2) is 0 Å². The van der Waals surface area contributed by atoms with Crippen molar-refractivity contribution in [1.29, 1.82) is 0 Å². The largest absolute Gasteiger partial charge is 0.468 e. The fraction of sp³-hybridized carbons (Fsp3) is 0.933. The molecule has 118 valence electrons. The predicted octanol–water partition coefficient (Wildman–Crippen LogP) is 0.945. The second kappa shape index (κ2) is 8.60. The minimum absolute atomic E-state index is 0.149. The van der Waals surface area contributed by atoms with E-state index in [2.05, 4.69) is 29.1 Å². The Bertz CT molecular complexity index is 291. The van der Waals surface area contributed by atoms with E-state index in [4.69, 9.17) is 4.74 Å². The van der Waals surface area contributed by atoms with Crippen molar-refractivity contribution in [3.63, 3.8) is 0 Å². The molecule has 0 aromatic rings. The lowest BCUT2D eigenvalue weighted by Gasteiger charge is -2.33. The van der Waals surface area contributed by atoms with Crippen molar-refractivity contribution in [3.05, 3.63) is 0 Å². The van der Waals surface area contributed by atoms with E-state index >= 15 is 0 Å². The Morgan fingerprint density at radius 2 is 1.95 bits per heavy atom. The molecule has 5 nitrogen and oxygen atoms in total. The minimum atomic E-state index is -0.544. The maximum absolute atomic E-state index is 12.0. The predicted molar refractivity (Wildman–Crippen MR) is 81.9 cm³/mol. The number of ether oxygens (including phenoxy) is 1. The van der Waals surface area contributed by atoms with Gasteiger partial charge in [-0.3, -0.25) is 4.79 Å². The minimum Gasteiger partial charge on any atom is -0.468 e. The van der Waals surface area contributed by atoms with Gasteiger partial charge in [-0.05, 0) is 46.3 Å². The van der Waals surface area contributed by atoms with E-state index in [9.17, 15) is 4.79 Å². The molecule has 1 unspecified atom stereocenters. The van der Waals surface area contributed by atoms with Gasteiger partial charge < -0.3 is 19.9 Å². The number of nitrogens with one attached hydrogen (secondary N) is 1. The highest BCUT2D eigenvalue weighted by Gasteiger charge is 2.33. The second-order valence-electron chi connectivity index (χ2n) is 6.00. The SMILES string of the molecule is CCCNC(C)(CCCN1CCN(C)CC1)C(=O)OC. The number of esters is 1. The Hall–Kier alpha value is -0.650. The van der Waals surface area contributed by atoms with Crippen LogP contribution in [0.3, 0.4) is 0 Å². The number of carbonyl (C=O) groups excluding carboxylic acids is 1. The maximum atomic E-state index is 12.0. The van der Waals surface area contributed by atoms with Gasteiger partial charge in [0.2, 0.25) is 0 Å². The average Bonchev–Trinajstić information content (AvgIpc) is 2.46. The van der Waals surface area contributed by atoms with Gasteiger partial charge in [0.05, 0.1) is 7.11 Å². The number of methoxy groups -OCH3 is 1. The molecule has 1 fully saturated rings. The van der Waals surface area contributed by atoms with Crippen LogP contribution in [0.4, 0.5) is 0 Å². The van der Waals surface area contributed by atoms with Crippen LogP contribution in [-0.4, -0.2) is 74.7 Å². The van der Waals surface area contributed by atoms with Gasteiger partial charge in [0.1, 0.15) is 5.54 Å². The highest BCUT2D eigenvalue weighted by Crippen LogP contribution is 2.15. The first kappa shape index (κ1) is 17.4. The summed E-state index contributed by atoms with van der Waals surface area (Å²) < 4.78 is 4.95. The fourth-order valence-electron chi connectivity index (χ4n) is 2.62. The van der Waals surface area contributed by atoms with E-state index in [0.717, 1.165) is 58.5 Å². The van der Waals surface area contributed by atoms with Crippen LogP contribution in [0.5, 0.6) is 0 Å². The number of nitrogens with zero attached hydrogens (tertiary/aromatic N) is 2. The fourth-order valence-corrected chi connectivity index (χ4v) is 2.62. The van der Waals surface area contributed by atoms with Crippen molar-refractivity contribution in [3.8, 4) is 0 Å². The normalized spacial score (nSPS) is 20.6. The summed E-state index contributed by atoms with van der Waals surface area (Å²) >= 11 is 0. The van der Waals surface area contributed by atoms with Crippen molar-refractivity contribution < 1.29 is 9.53 Å². The van der Waals surface area contributed by atoms with Gasteiger partial charge in [-0.15, -0.1) is 0 Å². The van der Waals surface area contributed by atoms with E-state index in [0.29, 0.717) is 0 Å². The van der Waals surface area contributed by atoms with Crippen molar-refractivity contribution in [2.45, 2.75) is 38.6 Å². The van der Waals surface area contributed by atoms with Crippen LogP contribution in [-0.2, 0) is 9.53 Å². The number of rotatable bonds is 8. The molecule has 20 heavy (non-hydrogen) atoms. The molecule has 1 heterocycles. The number of hydrogen-bond donors (Lipinski definition) is 1. The van der Waals surface area contributed by atoms with Gasteiger partial charge in [-0.1, -0.05) is 6.92 Å². The lowest BCUT2D eigenvalue weighted by molar-refractivity contribution is -0.148. The molecule has 0 aromatic heterocycles. The Morgan fingerprint density at radius 1 is 1.30 bits per heavy atom. The molecule has 5 heteroatoms. The van der Waals surface area contributed by atoms with E-state index < -0.39 is 5.54 Å². The third kappa shape index (κ3) is 5.38. The summed E-state index contributed by atoms with van der Waals surface area (Å²) in [6, 6.07) is 0. The first-order chi connectivity index (χ1) is 9.51. The molecule has 1 N–H and O–H groups in total. The Labute approximate surface area is 123 Å². The summed E-state index contributed by atoms with van der Waals surface area (Å²) in [4.78, 5) is 16.8. The number of hydrogen-bond acceptors (Lipinski definition) is 5. The second-order valence-corrected chi connectivity index (χ2v) is 6.00. The third-order valence-corrected chi connectivity index (χ3v) is 4.15. The number of carbonyl (C=O) groups is 1. The lowest BCUT2D eigenvalue weighted by atomic mass is 9.95. The van der Waals surface area contributed by atoms with Gasteiger partial charge in [0.15, 0.2) is 0 Å². The molecule has 0 aliphatic carbocycles. The van der Waals surface area contributed by atoms with E-state index in [1.165, 1.54) is 7.11 Å². The standard InChI is InChI=1S/C15H31N3O2/c1-5-8-16-15(2,14(19)20-4)7-6-9-18-12-10-17(3)11-13-18/h16H,5-13H2,1-4H3. The molecule has 0 bridgehead atoms. The topological polar surface area (TPSA) is 44.8 Å². The molecule has 0 radical (unpaired) electrons. The quantitative estimate of drug-likeness (QED) is 0.673. The molecule has 1 aliphatic heterocycles. The Kier molecular flexibility index (Phi) is 7.48. The highest BCUT2D eigenvalue weighted by atomic mass is 16.5. The molecule has 0 spiro atoms. The zero-order valence-electron chi connectivity index (χ0n) is 13.6. The van der Waals surface area contributed by atoms with E-state index in [-0.39, 0.29) is 5.97 Å². The zero-order valence-corrected chi connectivity index (χ0v) is 13.6. The van der Waals surface area contributed by atoms with Gasteiger partial charge in [0, 0.05) is 26.2 Å². The molecular weight excluding hydrogens is 254 g/mol. The average molecular weight is 285 g/mol. The monoisotopic (exact) mass is 285 g/mol. The molecular formula is C15H31N3O2. The molecule has 0 amide bonds. The Morgan fingerprint density at radius 3 is 2.50 bits per heavy atom. The summed E-state index contributed by atoms with van der Waals surface area (Å²) in [7, 11) is 3.63. The number of piperazine rings is 1. The summed E-state index contributed by atoms with van der Waals surface area (Å²) in [6.07, 6.45) is 2.86. The van der Waals surface area contributed by atoms with Gasteiger partial charge >= 0.3 is 5.97 Å². The third-order valence-electron chi connectivity index (χ3n) is 4.15. The first-order valence-electron chi connectivity index (χ1n) is 7.76. The van der Waals surface area contributed by atoms with Gasteiger partial charge in [-0.2, -0.15) is 0 Å². The maximum Gasteiger partial charge on any atom is 0.325 e. The van der Waals surface area contributed by atoms with Crippen molar-refractivity contribution in [2.75, 3.05) is 53.4 Å². The Balaban J connectivity index is 2.36. The number of likely N-dealkylation sites (N-methyl/N-ethyl adjacent to an activating group) is 1. The summed E-state index contributed by atoms with van der Waals surface area (Å²) in [6.45, 7) is 10.5. The molecule has 1 aliphatic rings. The van der Waals surface area contributed by atoms with Crippen LogP contribution < -0.4 is 5.32 Å². The van der Waals surface area contributed by atoms with Crippen LogP contribution in [0, 0.1) is 0 Å². The first-order valence-corrected chi connectivity index (χ1v) is 7.76. The van der Waals surface area contributed by atoms with Crippen molar-refractivity contribution in [1.82, 2.24) is 15.1 Å². The summed E-state index contributed by atoms with van der Waals surface area (Å²) in [5.74, 6) is -0.149. The van der Waals surface area contributed by atoms with Crippen LogP contribution in [0.1, 0.15) is 33.1 Å². The van der Waals surface area contributed by atoms with Crippen LogP contribution in [0.15, 0.2) is 0 Å². The highest BCUT2D eigenvalue weighted by molar-refractivity contribution is 5.80. The lowest BCUT2D eigenvalue weighted by Crippen LogP contribution is -2.51. The van der Waals surface area contributed by atoms with E-state index in [1.54, 1.807) is 0 Å². The van der Waals surface area contributed by atoms with Crippen molar-refractivity contribution in [2.24, 2.45) is 0 Å². The van der Waals surface area contributed by atoms with Crippen LogP contribution >= 0.6 is 0 Å². The molecule has 0 aromatic carbocycles. The summed E-state index contributed by atoms with van der Waals surface area (Å²) in [5.41, 5.74) is -0.544.